The van der Waals surface area contributed by atoms with Gasteiger partial charge in [-0.15, -0.1) is 0 Å². The van der Waals surface area contributed by atoms with Gasteiger partial charge >= 0.3 is 0 Å². The van der Waals surface area contributed by atoms with Crippen LogP contribution in [-0.4, -0.2) is 5.91 Å². The van der Waals surface area contributed by atoms with E-state index in [0.29, 0.717) is 22.5 Å². The number of amides is 1. The molecule has 0 radical (unpaired) electrons. The number of aryl methyl sites for hydroxylation is 1. The van der Waals surface area contributed by atoms with E-state index in [-0.39, 0.29) is 5.56 Å². The number of carbonyl (C=O) groups is 1. The zero-order valence-corrected chi connectivity index (χ0v) is 13.2. The van der Waals surface area contributed by atoms with Gasteiger partial charge in [0.25, 0.3) is 5.91 Å². The van der Waals surface area contributed by atoms with Gasteiger partial charge in [-0.2, -0.15) is 0 Å². The molecule has 0 aliphatic carbocycles. The Morgan fingerprint density at radius 3 is 2.70 bits per heavy atom. The highest BCUT2D eigenvalue weighted by Gasteiger charge is 2.15. The van der Waals surface area contributed by atoms with Crippen molar-refractivity contribution in [1.29, 1.82) is 0 Å². The van der Waals surface area contributed by atoms with E-state index < -0.39 is 11.3 Å². The molecule has 0 aliphatic heterocycles. The van der Waals surface area contributed by atoms with E-state index >= 15 is 0 Å². The summed E-state index contributed by atoms with van der Waals surface area (Å²) in [7, 11) is 0. The van der Waals surface area contributed by atoms with Crippen LogP contribution in [0.3, 0.4) is 0 Å². The van der Waals surface area contributed by atoms with Crippen LogP contribution in [0.15, 0.2) is 57.9 Å². The van der Waals surface area contributed by atoms with Crippen LogP contribution in [0, 0.1) is 6.92 Å². The second kappa shape index (κ2) is 6.26. The Kier molecular flexibility index (Phi) is 4.17. The van der Waals surface area contributed by atoms with E-state index in [4.69, 9.17) is 16.0 Å². The second-order valence-electron chi connectivity index (χ2n) is 5.24. The van der Waals surface area contributed by atoms with Gasteiger partial charge in [0.05, 0.1) is 5.39 Å². The molecule has 2 aromatic carbocycles. The number of rotatable bonds is 3. The largest absolute Gasteiger partial charge is 0.463 e. The molecule has 0 aliphatic rings. The van der Waals surface area contributed by atoms with Crippen molar-refractivity contribution in [3.8, 4) is 0 Å². The Balaban J connectivity index is 1.90. The van der Waals surface area contributed by atoms with Crippen LogP contribution < -0.4 is 10.7 Å². The molecule has 3 rings (SSSR count). The van der Waals surface area contributed by atoms with Gasteiger partial charge in [-0.1, -0.05) is 41.9 Å². The average Bonchev–Trinajstić information content (AvgIpc) is 2.56. The highest BCUT2D eigenvalue weighted by atomic mass is 35.5. The fraction of sp³-hybridized carbons (Fsp3) is 0.111. The number of hydrogen-bond donors (Lipinski definition) is 1. The average molecular weight is 328 g/mol. The molecule has 3 aromatic rings. The molecule has 4 nitrogen and oxygen atoms in total. The van der Waals surface area contributed by atoms with E-state index in [1.807, 2.05) is 37.3 Å². The van der Waals surface area contributed by atoms with Crippen LogP contribution in [0.2, 0.25) is 5.02 Å². The number of nitrogens with one attached hydrogen (secondary N) is 1. The molecule has 0 fully saturated rings. The fourth-order valence-corrected chi connectivity index (χ4v) is 2.44. The van der Waals surface area contributed by atoms with Crippen molar-refractivity contribution >= 4 is 28.5 Å². The van der Waals surface area contributed by atoms with E-state index in [1.54, 1.807) is 6.07 Å². The number of hydrogen-bond acceptors (Lipinski definition) is 3. The number of fused-ring (bicyclic) bond motifs is 1. The lowest BCUT2D eigenvalue weighted by molar-refractivity contribution is 0.0948. The van der Waals surface area contributed by atoms with E-state index in [0.717, 1.165) is 11.1 Å². The predicted octanol–water partition coefficient (Wildman–Crippen LogP) is 3.68. The van der Waals surface area contributed by atoms with Gasteiger partial charge in [-0.25, -0.2) is 0 Å². The first kappa shape index (κ1) is 15.3. The van der Waals surface area contributed by atoms with Crippen LogP contribution in [0.1, 0.15) is 21.5 Å². The molecule has 1 aromatic heterocycles. The highest BCUT2D eigenvalue weighted by molar-refractivity contribution is 6.32. The summed E-state index contributed by atoms with van der Waals surface area (Å²) in [5, 5.41) is 3.48. The van der Waals surface area contributed by atoms with Gasteiger partial charge in [0, 0.05) is 11.6 Å². The van der Waals surface area contributed by atoms with Crippen molar-refractivity contribution in [2.45, 2.75) is 13.5 Å². The lowest BCUT2D eigenvalue weighted by atomic mass is 10.1. The van der Waals surface area contributed by atoms with Crippen LogP contribution >= 0.6 is 11.6 Å². The zero-order chi connectivity index (χ0) is 16.4. The first-order chi connectivity index (χ1) is 11.1. The summed E-state index contributed by atoms with van der Waals surface area (Å²) >= 11 is 6.05. The third kappa shape index (κ3) is 3.12. The first-order valence-electron chi connectivity index (χ1n) is 7.10. The predicted molar refractivity (Wildman–Crippen MR) is 89.8 cm³/mol. The van der Waals surface area contributed by atoms with Crippen molar-refractivity contribution in [2.24, 2.45) is 0 Å². The number of halogens is 1. The van der Waals surface area contributed by atoms with Crippen LogP contribution in [0.5, 0.6) is 0 Å². The zero-order valence-electron chi connectivity index (χ0n) is 12.4. The maximum Gasteiger partial charge on any atom is 0.258 e. The van der Waals surface area contributed by atoms with Crippen molar-refractivity contribution in [2.75, 3.05) is 0 Å². The molecule has 0 unspecified atom stereocenters. The summed E-state index contributed by atoms with van der Waals surface area (Å²) in [5.74, 6) is -0.471. The second-order valence-corrected chi connectivity index (χ2v) is 5.65. The lowest BCUT2D eigenvalue weighted by Gasteiger charge is -2.06. The number of benzene rings is 2. The quantitative estimate of drug-likeness (QED) is 0.798. The molecule has 0 atom stereocenters. The molecule has 0 saturated carbocycles. The smallest absolute Gasteiger partial charge is 0.258 e. The Morgan fingerprint density at radius 2 is 1.96 bits per heavy atom. The Morgan fingerprint density at radius 1 is 1.22 bits per heavy atom. The summed E-state index contributed by atoms with van der Waals surface area (Å²) < 4.78 is 5.41. The van der Waals surface area contributed by atoms with Crippen molar-refractivity contribution in [1.82, 2.24) is 5.32 Å². The first-order valence-corrected chi connectivity index (χ1v) is 7.48. The number of carbonyl (C=O) groups excluding carboxylic acids is 1. The Bertz CT molecular complexity index is 932. The Hall–Kier alpha value is -2.59. The van der Waals surface area contributed by atoms with E-state index in [2.05, 4.69) is 5.32 Å². The maximum absolute atomic E-state index is 12.5. The van der Waals surface area contributed by atoms with Gasteiger partial charge in [-0.05, 0) is 30.2 Å². The summed E-state index contributed by atoms with van der Waals surface area (Å²) in [5.41, 5.74) is 1.75. The minimum atomic E-state index is -0.471. The topological polar surface area (TPSA) is 59.3 Å². The van der Waals surface area contributed by atoms with Crippen LogP contribution in [0.25, 0.3) is 11.0 Å². The lowest BCUT2D eigenvalue weighted by Crippen LogP contribution is -2.28. The molecular formula is C18H14ClNO3. The molecule has 0 bridgehead atoms. The monoisotopic (exact) mass is 327 g/mol. The molecule has 1 heterocycles. The van der Waals surface area contributed by atoms with Crippen molar-refractivity contribution < 1.29 is 9.21 Å². The molecule has 1 amide bonds. The highest BCUT2D eigenvalue weighted by Crippen LogP contribution is 2.21. The van der Waals surface area contributed by atoms with Gasteiger partial charge in [-0.3, -0.25) is 9.59 Å². The third-order valence-corrected chi connectivity index (χ3v) is 4.00. The normalized spacial score (nSPS) is 10.7. The van der Waals surface area contributed by atoms with Gasteiger partial charge < -0.3 is 9.73 Å². The van der Waals surface area contributed by atoms with Crippen molar-refractivity contribution in [3.05, 3.63) is 80.7 Å². The van der Waals surface area contributed by atoms with E-state index in [1.165, 1.54) is 12.3 Å². The van der Waals surface area contributed by atoms with Gasteiger partial charge in [0.15, 0.2) is 0 Å². The summed E-state index contributed by atoms with van der Waals surface area (Å²) in [6, 6.07) is 12.7. The van der Waals surface area contributed by atoms with Gasteiger partial charge in [0.1, 0.15) is 17.4 Å². The summed E-state index contributed by atoms with van der Waals surface area (Å²) in [6.45, 7) is 2.16. The third-order valence-electron chi connectivity index (χ3n) is 3.59. The SMILES string of the molecule is Cc1cc2occ(C(=O)NCc3ccccc3)c(=O)c2cc1Cl. The molecule has 23 heavy (non-hydrogen) atoms. The standard InChI is InChI=1S/C18H14ClNO3/c1-11-7-16-13(8-15(11)19)17(21)14(10-23-16)18(22)20-9-12-5-3-2-4-6-12/h2-8,10H,9H2,1H3,(H,20,22). The molecule has 0 saturated heterocycles. The maximum atomic E-state index is 12.5. The molecule has 116 valence electrons. The molecule has 5 heteroatoms. The van der Waals surface area contributed by atoms with Gasteiger partial charge in [0.2, 0.25) is 5.43 Å². The molecule has 0 spiro atoms. The van der Waals surface area contributed by atoms with Crippen LogP contribution in [-0.2, 0) is 6.54 Å². The van der Waals surface area contributed by atoms with E-state index in [9.17, 15) is 9.59 Å². The fourth-order valence-electron chi connectivity index (χ4n) is 2.28. The van der Waals surface area contributed by atoms with Crippen molar-refractivity contribution in [3.63, 3.8) is 0 Å². The minimum absolute atomic E-state index is 0.0339. The molecule has 1 N–H and O–H groups in total. The summed E-state index contributed by atoms with van der Waals surface area (Å²) in [4.78, 5) is 24.7. The Labute approximate surface area is 137 Å². The minimum Gasteiger partial charge on any atom is -0.463 e. The summed E-state index contributed by atoms with van der Waals surface area (Å²) in [6.07, 6.45) is 1.19. The van der Waals surface area contributed by atoms with Crippen LogP contribution in [0.4, 0.5) is 0 Å². The molecular weight excluding hydrogens is 314 g/mol.